The zero-order chi connectivity index (χ0) is 15.1. The zero-order valence-electron chi connectivity index (χ0n) is 11.4. The molecule has 0 unspecified atom stereocenters. The van der Waals surface area contributed by atoms with Gasteiger partial charge in [-0.15, -0.1) is 0 Å². The van der Waals surface area contributed by atoms with E-state index in [-0.39, 0.29) is 11.7 Å². The molecule has 0 saturated carbocycles. The van der Waals surface area contributed by atoms with E-state index in [9.17, 15) is 9.18 Å². The summed E-state index contributed by atoms with van der Waals surface area (Å²) in [6.07, 6.45) is 3.49. The summed E-state index contributed by atoms with van der Waals surface area (Å²) < 4.78 is 13.4. The van der Waals surface area contributed by atoms with Gasteiger partial charge in [0.2, 0.25) is 5.91 Å². The number of hydrogen-bond donors (Lipinski definition) is 1. The number of hydrogen-bond acceptors (Lipinski definition) is 1. The van der Waals surface area contributed by atoms with E-state index in [1.807, 2.05) is 18.2 Å². The molecule has 2 aromatic rings. The van der Waals surface area contributed by atoms with E-state index in [2.05, 4.69) is 5.32 Å². The van der Waals surface area contributed by atoms with Gasteiger partial charge in [-0.25, -0.2) is 4.39 Å². The Kier molecular flexibility index (Phi) is 5.52. The van der Waals surface area contributed by atoms with Crippen molar-refractivity contribution in [2.75, 3.05) is 6.54 Å². The minimum atomic E-state index is -0.347. The van der Waals surface area contributed by atoms with Crippen molar-refractivity contribution >= 4 is 23.6 Å². The monoisotopic (exact) mass is 303 g/mol. The summed E-state index contributed by atoms with van der Waals surface area (Å²) in [7, 11) is 0. The van der Waals surface area contributed by atoms with E-state index in [4.69, 9.17) is 11.6 Å². The van der Waals surface area contributed by atoms with Crippen LogP contribution >= 0.6 is 11.6 Å². The average molecular weight is 304 g/mol. The van der Waals surface area contributed by atoms with Gasteiger partial charge in [-0.05, 0) is 36.3 Å². The summed E-state index contributed by atoms with van der Waals surface area (Å²) in [6.45, 7) is 0.501. The minimum absolute atomic E-state index is 0.250. The quantitative estimate of drug-likeness (QED) is 0.835. The second-order valence-corrected chi connectivity index (χ2v) is 4.96. The summed E-state index contributed by atoms with van der Waals surface area (Å²) in [5, 5.41) is 3.43. The first kappa shape index (κ1) is 15.3. The maximum absolute atomic E-state index is 13.4. The van der Waals surface area contributed by atoms with Crippen molar-refractivity contribution in [3.63, 3.8) is 0 Å². The fourth-order valence-corrected chi connectivity index (χ4v) is 2.07. The summed E-state index contributed by atoms with van der Waals surface area (Å²) in [6, 6.07) is 13.8. The summed E-state index contributed by atoms with van der Waals surface area (Å²) in [5.41, 5.74) is 1.45. The highest BCUT2D eigenvalue weighted by Crippen LogP contribution is 2.10. The lowest BCUT2D eigenvalue weighted by Crippen LogP contribution is -2.23. The molecule has 0 radical (unpaired) electrons. The van der Waals surface area contributed by atoms with Crippen LogP contribution in [0.25, 0.3) is 6.08 Å². The minimum Gasteiger partial charge on any atom is -0.352 e. The Morgan fingerprint density at radius 2 is 2.00 bits per heavy atom. The molecule has 0 spiro atoms. The molecule has 1 amide bonds. The molecule has 2 nitrogen and oxygen atoms in total. The second-order valence-electron chi connectivity index (χ2n) is 4.53. The number of benzene rings is 2. The molecule has 0 fully saturated rings. The molecule has 2 aromatic carbocycles. The van der Waals surface area contributed by atoms with Gasteiger partial charge in [0, 0.05) is 23.2 Å². The topological polar surface area (TPSA) is 29.1 Å². The second kappa shape index (κ2) is 7.60. The van der Waals surface area contributed by atoms with E-state index in [1.54, 1.807) is 24.3 Å². The summed E-state index contributed by atoms with van der Waals surface area (Å²) in [5.74, 6) is -0.597. The normalized spacial score (nSPS) is 10.8. The number of nitrogens with one attached hydrogen (secondary N) is 1. The molecule has 0 saturated heterocycles. The molecule has 2 rings (SSSR count). The molecule has 0 heterocycles. The van der Waals surface area contributed by atoms with Crippen molar-refractivity contribution in [3.05, 3.63) is 76.6 Å². The fourth-order valence-electron chi connectivity index (χ4n) is 1.86. The smallest absolute Gasteiger partial charge is 0.244 e. The molecule has 0 aliphatic heterocycles. The maximum Gasteiger partial charge on any atom is 0.244 e. The molecule has 108 valence electrons. The lowest BCUT2D eigenvalue weighted by Gasteiger charge is -2.03. The Bertz CT molecular complexity index is 655. The summed E-state index contributed by atoms with van der Waals surface area (Å²) >= 11 is 5.88. The Balaban J connectivity index is 1.81. The average Bonchev–Trinajstić information content (AvgIpc) is 2.46. The molecule has 1 N–H and O–H groups in total. The molecule has 21 heavy (non-hydrogen) atoms. The first-order chi connectivity index (χ1) is 10.1. The Morgan fingerprint density at radius 3 is 2.76 bits per heavy atom. The lowest BCUT2D eigenvalue weighted by molar-refractivity contribution is -0.116. The highest BCUT2D eigenvalue weighted by molar-refractivity contribution is 6.30. The Hall–Kier alpha value is -2.13. The molecule has 0 bridgehead atoms. The number of rotatable bonds is 5. The zero-order valence-corrected chi connectivity index (χ0v) is 12.1. The third-order valence-electron chi connectivity index (χ3n) is 2.92. The molecule has 0 aliphatic rings. The van der Waals surface area contributed by atoms with Crippen LogP contribution in [0.1, 0.15) is 11.1 Å². The first-order valence-electron chi connectivity index (χ1n) is 6.60. The van der Waals surface area contributed by atoms with Crippen LogP contribution < -0.4 is 5.32 Å². The lowest BCUT2D eigenvalue weighted by atomic mass is 10.1. The van der Waals surface area contributed by atoms with Gasteiger partial charge in [-0.3, -0.25) is 4.79 Å². The third kappa shape index (κ3) is 5.04. The molecule has 0 aliphatic carbocycles. The van der Waals surface area contributed by atoms with E-state index < -0.39 is 0 Å². The van der Waals surface area contributed by atoms with Crippen LogP contribution in [0.4, 0.5) is 4.39 Å². The van der Waals surface area contributed by atoms with Gasteiger partial charge in [0.25, 0.3) is 0 Å². The van der Waals surface area contributed by atoms with E-state index in [0.717, 1.165) is 5.56 Å². The highest BCUT2D eigenvalue weighted by Gasteiger charge is 1.99. The molecular weight excluding hydrogens is 289 g/mol. The van der Waals surface area contributed by atoms with Crippen LogP contribution in [-0.4, -0.2) is 12.5 Å². The predicted octanol–water partition coefficient (Wildman–Crippen LogP) is 3.85. The van der Waals surface area contributed by atoms with Gasteiger partial charge >= 0.3 is 0 Å². The standard InChI is InChI=1S/C17H15ClFNO/c18-15-6-3-4-13(12-15)10-11-20-17(21)9-8-14-5-1-2-7-16(14)19/h1-9,12H,10-11H2,(H,20,21)/b9-8+. The van der Waals surface area contributed by atoms with Gasteiger partial charge in [-0.1, -0.05) is 41.9 Å². The van der Waals surface area contributed by atoms with Crippen molar-refractivity contribution in [3.8, 4) is 0 Å². The van der Waals surface area contributed by atoms with Crippen LogP contribution in [0.3, 0.4) is 0 Å². The van der Waals surface area contributed by atoms with Gasteiger partial charge in [0.1, 0.15) is 5.82 Å². The number of carbonyl (C=O) groups is 1. The third-order valence-corrected chi connectivity index (χ3v) is 3.16. The molecule has 0 aromatic heterocycles. The van der Waals surface area contributed by atoms with Crippen LogP contribution in [0.15, 0.2) is 54.6 Å². The predicted molar refractivity (Wildman–Crippen MR) is 83.6 cm³/mol. The Morgan fingerprint density at radius 1 is 1.19 bits per heavy atom. The van der Waals surface area contributed by atoms with Crippen LogP contribution in [0.5, 0.6) is 0 Å². The SMILES string of the molecule is O=C(/C=C/c1ccccc1F)NCCc1cccc(Cl)c1. The number of amides is 1. The number of carbonyl (C=O) groups excluding carboxylic acids is 1. The largest absolute Gasteiger partial charge is 0.352 e. The molecule has 0 atom stereocenters. The number of halogens is 2. The van der Waals surface area contributed by atoms with E-state index >= 15 is 0 Å². The van der Waals surface area contributed by atoms with Crippen LogP contribution in [0, 0.1) is 5.82 Å². The van der Waals surface area contributed by atoms with Crippen molar-refractivity contribution in [1.29, 1.82) is 0 Å². The summed E-state index contributed by atoms with van der Waals surface area (Å²) in [4.78, 5) is 11.6. The van der Waals surface area contributed by atoms with E-state index in [1.165, 1.54) is 18.2 Å². The maximum atomic E-state index is 13.4. The van der Waals surface area contributed by atoms with Crippen LogP contribution in [-0.2, 0) is 11.2 Å². The highest BCUT2D eigenvalue weighted by atomic mass is 35.5. The van der Waals surface area contributed by atoms with Crippen molar-refractivity contribution < 1.29 is 9.18 Å². The Labute approximate surface area is 128 Å². The fraction of sp³-hybridized carbons (Fsp3) is 0.118. The molecular formula is C17H15ClFNO. The van der Waals surface area contributed by atoms with E-state index in [0.29, 0.717) is 23.6 Å². The van der Waals surface area contributed by atoms with Gasteiger partial charge in [0.05, 0.1) is 0 Å². The van der Waals surface area contributed by atoms with Gasteiger partial charge in [0.15, 0.2) is 0 Å². The molecule has 4 heteroatoms. The van der Waals surface area contributed by atoms with Crippen LogP contribution in [0.2, 0.25) is 5.02 Å². The van der Waals surface area contributed by atoms with Crippen molar-refractivity contribution in [2.24, 2.45) is 0 Å². The van der Waals surface area contributed by atoms with Gasteiger partial charge in [-0.2, -0.15) is 0 Å². The van der Waals surface area contributed by atoms with Crippen molar-refractivity contribution in [1.82, 2.24) is 5.32 Å². The first-order valence-corrected chi connectivity index (χ1v) is 6.98. The van der Waals surface area contributed by atoms with Gasteiger partial charge < -0.3 is 5.32 Å². The van der Waals surface area contributed by atoms with Crippen molar-refractivity contribution in [2.45, 2.75) is 6.42 Å².